The molecule has 1 aromatic rings. The minimum atomic E-state index is -3.33. The first-order chi connectivity index (χ1) is 10.4. The first-order valence-corrected chi connectivity index (χ1v) is 9.94. The van der Waals surface area contributed by atoms with Gasteiger partial charge in [-0.25, -0.2) is 8.42 Å². The van der Waals surface area contributed by atoms with Crippen LogP contribution in [0.15, 0.2) is 29.2 Å². The van der Waals surface area contributed by atoms with Crippen molar-refractivity contribution in [2.45, 2.75) is 64.2 Å². The maximum absolute atomic E-state index is 12.8. The summed E-state index contributed by atoms with van der Waals surface area (Å²) in [5.74, 6) is 0. The molecule has 2 rings (SSSR count). The molecule has 1 atom stereocenters. The normalized spacial score (nSPS) is 23.0. The van der Waals surface area contributed by atoms with Crippen molar-refractivity contribution in [3.63, 3.8) is 0 Å². The van der Waals surface area contributed by atoms with Gasteiger partial charge >= 0.3 is 0 Å². The summed E-state index contributed by atoms with van der Waals surface area (Å²) in [6.45, 7) is 7.73. The smallest absolute Gasteiger partial charge is 0.207 e. The van der Waals surface area contributed by atoms with Crippen LogP contribution >= 0.6 is 0 Å². The summed E-state index contributed by atoms with van der Waals surface area (Å²) >= 11 is 0. The van der Waals surface area contributed by atoms with Gasteiger partial charge in [0, 0.05) is 13.1 Å². The fraction of sp³-hybridized carbons (Fsp3) is 0.667. The van der Waals surface area contributed by atoms with Crippen LogP contribution in [0, 0.1) is 12.3 Å². The predicted molar refractivity (Wildman–Crippen MR) is 91.4 cm³/mol. The SMILES string of the molecule is CCCCCC1(CC)CCN(S(=O)(=O)c2ccc(C)cc2)C1. The van der Waals surface area contributed by atoms with Gasteiger partial charge in [0.2, 0.25) is 10.0 Å². The lowest BCUT2D eigenvalue weighted by Crippen LogP contribution is -2.32. The molecular weight excluding hydrogens is 294 g/mol. The molecule has 1 aromatic carbocycles. The average Bonchev–Trinajstić information content (AvgIpc) is 2.94. The highest BCUT2D eigenvalue weighted by atomic mass is 32.2. The van der Waals surface area contributed by atoms with E-state index in [1.165, 1.54) is 19.3 Å². The van der Waals surface area contributed by atoms with Crippen molar-refractivity contribution in [3.8, 4) is 0 Å². The Hall–Kier alpha value is -0.870. The summed E-state index contributed by atoms with van der Waals surface area (Å²) < 4.78 is 27.3. The third-order valence-corrected chi connectivity index (χ3v) is 6.98. The molecule has 0 spiro atoms. The van der Waals surface area contributed by atoms with Crippen molar-refractivity contribution < 1.29 is 8.42 Å². The van der Waals surface area contributed by atoms with Crippen molar-refractivity contribution >= 4 is 10.0 Å². The molecule has 0 aromatic heterocycles. The second kappa shape index (κ2) is 7.14. The minimum Gasteiger partial charge on any atom is -0.207 e. The highest BCUT2D eigenvalue weighted by Gasteiger charge is 2.41. The molecule has 0 saturated carbocycles. The van der Waals surface area contributed by atoms with Crippen molar-refractivity contribution in [1.29, 1.82) is 0 Å². The van der Waals surface area contributed by atoms with Crippen LogP contribution in [0.3, 0.4) is 0 Å². The van der Waals surface area contributed by atoms with Crippen LogP contribution in [0.1, 0.15) is 57.9 Å². The second-order valence-electron chi connectivity index (χ2n) is 6.71. The van der Waals surface area contributed by atoms with Gasteiger partial charge in [0.05, 0.1) is 4.90 Å². The van der Waals surface area contributed by atoms with Crippen molar-refractivity contribution in [1.82, 2.24) is 4.31 Å². The van der Waals surface area contributed by atoms with Gasteiger partial charge in [0.25, 0.3) is 0 Å². The summed E-state index contributed by atoms with van der Waals surface area (Å²) in [4.78, 5) is 0.429. The topological polar surface area (TPSA) is 37.4 Å². The monoisotopic (exact) mass is 323 g/mol. The van der Waals surface area contributed by atoms with Gasteiger partial charge in [0.15, 0.2) is 0 Å². The molecule has 1 aliphatic heterocycles. The Labute approximate surface area is 135 Å². The van der Waals surface area contributed by atoms with Gasteiger partial charge in [0.1, 0.15) is 0 Å². The fourth-order valence-electron chi connectivity index (χ4n) is 3.38. The van der Waals surface area contributed by atoms with E-state index in [1.54, 1.807) is 16.4 Å². The van der Waals surface area contributed by atoms with E-state index < -0.39 is 10.0 Å². The van der Waals surface area contributed by atoms with E-state index >= 15 is 0 Å². The van der Waals surface area contributed by atoms with Gasteiger partial charge in [-0.2, -0.15) is 4.31 Å². The third-order valence-electron chi connectivity index (χ3n) is 5.12. The van der Waals surface area contributed by atoms with Gasteiger partial charge in [-0.3, -0.25) is 0 Å². The molecule has 0 radical (unpaired) electrons. The van der Waals surface area contributed by atoms with Crippen molar-refractivity contribution in [2.75, 3.05) is 13.1 Å². The number of rotatable bonds is 7. The van der Waals surface area contributed by atoms with Gasteiger partial charge < -0.3 is 0 Å². The standard InChI is InChI=1S/C18H29NO2S/c1-4-6-7-12-18(5-2)13-14-19(15-18)22(20,21)17-10-8-16(3)9-11-17/h8-11H,4-7,12-15H2,1-3H3. The zero-order valence-corrected chi connectivity index (χ0v) is 15.0. The van der Waals surface area contributed by atoms with E-state index in [2.05, 4.69) is 13.8 Å². The second-order valence-corrected chi connectivity index (χ2v) is 8.65. The molecule has 124 valence electrons. The summed E-state index contributed by atoms with van der Waals surface area (Å²) in [7, 11) is -3.33. The summed E-state index contributed by atoms with van der Waals surface area (Å²) in [6.07, 6.45) is 6.88. The average molecular weight is 324 g/mol. The lowest BCUT2D eigenvalue weighted by atomic mass is 9.79. The predicted octanol–water partition coefficient (Wildman–Crippen LogP) is 4.37. The molecule has 4 heteroatoms. The third kappa shape index (κ3) is 3.72. The van der Waals surface area contributed by atoms with E-state index in [-0.39, 0.29) is 5.41 Å². The number of aryl methyl sites for hydroxylation is 1. The number of nitrogens with zero attached hydrogens (tertiary/aromatic N) is 1. The number of hydrogen-bond donors (Lipinski definition) is 0. The van der Waals surface area contributed by atoms with Crippen LogP contribution in [0.25, 0.3) is 0 Å². The Morgan fingerprint density at radius 3 is 2.41 bits per heavy atom. The summed E-state index contributed by atoms with van der Waals surface area (Å²) in [6, 6.07) is 7.20. The van der Waals surface area contributed by atoms with Crippen LogP contribution in [-0.4, -0.2) is 25.8 Å². The molecule has 0 bridgehead atoms. The Bertz CT molecular complexity index is 580. The van der Waals surface area contributed by atoms with Crippen LogP contribution in [0.4, 0.5) is 0 Å². The van der Waals surface area contributed by atoms with E-state index in [9.17, 15) is 8.42 Å². The number of unbranched alkanes of at least 4 members (excludes halogenated alkanes) is 2. The lowest BCUT2D eigenvalue weighted by Gasteiger charge is -2.28. The maximum Gasteiger partial charge on any atom is 0.243 e. The van der Waals surface area contributed by atoms with Crippen LogP contribution in [0.2, 0.25) is 0 Å². The highest BCUT2D eigenvalue weighted by molar-refractivity contribution is 7.89. The van der Waals surface area contributed by atoms with Crippen LogP contribution in [-0.2, 0) is 10.0 Å². The molecule has 3 nitrogen and oxygen atoms in total. The van der Waals surface area contributed by atoms with Crippen molar-refractivity contribution in [2.24, 2.45) is 5.41 Å². The van der Waals surface area contributed by atoms with E-state index in [0.717, 1.165) is 24.8 Å². The number of hydrogen-bond acceptors (Lipinski definition) is 2. The molecule has 1 fully saturated rings. The molecular formula is C18H29NO2S. The molecule has 1 heterocycles. The number of benzene rings is 1. The van der Waals surface area contributed by atoms with E-state index in [0.29, 0.717) is 18.0 Å². The Morgan fingerprint density at radius 1 is 1.14 bits per heavy atom. The van der Waals surface area contributed by atoms with Gasteiger partial charge in [-0.15, -0.1) is 0 Å². The molecule has 0 amide bonds. The van der Waals surface area contributed by atoms with Gasteiger partial charge in [-0.05, 0) is 43.7 Å². The van der Waals surface area contributed by atoms with Crippen molar-refractivity contribution in [3.05, 3.63) is 29.8 Å². The molecule has 0 N–H and O–H groups in total. The van der Waals surface area contributed by atoms with Gasteiger partial charge in [-0.1, -0.05) is 50.8 Å². The zero-order valence-electron chi connectivity index (χ0n) is 14.1. The maximum atomic E-state index is 12.8. The Kier molecular flexibility index (Phi) is 5.67. The first-order valence-electron chi connectivity index (χ1n) is 8.50. The molecule has 1 unspecified atom stereocenters. The van der Waals surface area contributed by atoms with Crippen LogP contribution in [0.5, 0.6) is 0 Å². The summed E-state index contributed by atoms with van der Waals surface area (Å²) in [5, 5.41) is 0. The zero-order chi connectivity index (χ0) is 16.2. The molecule has 1 saturated heterocycles. The quantitative estimate of drug-likeness (QED) is 0.699. The molecule has 1 aliphatic rings. The largest absolute Gasteiger partial charge is 0.243 e. The fourth-order valence-corrected chi connectivity index (χ4v) is 4.93. The Balaban J connectivity index is 2.12. The summed E-state index contributed by atoms with van der Waals surface area (Å²) in [5.41, 5.74) is 1.27. The number of sulfonamides is 1. The highest BCUT2D eigenvalue weighted by Crippen LogP contribution is 2.40. The van der Waals surface area contributed by atoms with E-state index in [4.69, 9.17) is 0 Å². The minimum absolute atomic E-state index is 0.187. The Morgan fingerprint density at radius 2 is 1.82 bits per heavy atom. The first kappa shape index (κ1) is 17.5. The molecule has 22 heavy (non-hydrogen) atoms. The lowest BCUT2D eigenvalue weighted by molar-refractivity contribution is 0.258. The molecule has 0 aliphatic carbocycles. The van der Waals surface area contributed by atoms with Crippen LogP contribution < -0.4 is 0 Å². The van der Waals surface area contributed by atoms with E-state index in [1.807, 2.05) is 19.1 Å².